The number of para-hydroxylation sites is 1. The second-order valence-corrected chi connectivity index (χ2v) is 7.55. The molecule has 2 N–H and O–H groups in total. The van der Waals surface area contributed by atoms with Gasteiger partial charge in [-0.25, -0.2) is 9.07 Å². The number of carbonyl (C=O) groups excluding carboxylic acids is 2. The van der Waals surface area contributed by atoms with Crippen LogP contribution in [-0.4, -0.2) is 27.6 Å². The third-order valence-corrected chi connectivity index (χ3v) is 5.32. The average molecular weight is 420 g/mol. The van der Waals surface area contributed by atoms with Gasteiger partial charge in [0.15, 0.2) is 5.69 Å². The molecule has 1 aliphatic heterocycles. The fraction of sp³-hybridized carbons (Fsp3) is 0.217. The smallest absolute Gasteiger partial charge is 0.276 e. The molecular formula is C23H21FN4O3. The first-order valence-electron chi connectivity index (χ1n) is 9.90. The van der Waals surface area contributed by atoms with Crippen LogP contribution in [0.15, 0.2) is 53.3 Å². The summed E-state index contributed by atoms with van der Waals surface area (Å²) in [5.41, 5.74) is 2.06. The zero-order valence-corrected chi connectivity index (χ0v) is 17.1. The fourth-order valence-electron chi connectivity index (χ4n) is 3.55. The second kappa shape index (κ2) is 8.14. The number of nitrogens with one attached hydrogen (secondary N) is 2. The van der Waals surface area contributed by atoms with Crippen LogP contribution >= 0.6 is 0 Å². The molecule has 0 spiro atoms. The van der Waals surface area contributed by atoms with Gasteiger partial charge in [-0.15, -0.1) is 0 Å². The maximum absolute atomic E-state index is 14.0. The van der Waals surface area contributed by atoms with Crippen LogP contribution < -0.4 is 16.1 Å². The lowest BCUT2D eigenvalue weighted by Crippen LogP contribution is -2.45. The highest BCUT2D eigenvalue weighted by Gasteiger charge is 2.27. The highest BCUT2D eigenvalue weighted by atomic mass is 19.1. The van der Waals surface area contributed by atoms with Crippen LogP contribution in [0.25, 0.3) is 5.69 Å². The largest absolute Gasteiger partial charge is 0.339 e. The highest BCUT2D eigenvalue weighted by molar-refractivity contribution is 6.01. The molecule has 2 heterocycles. The molecule has 0 saturated carbocycles. The Morgan fingerprint density at radius 2 is 1.94 bits per heavy atom. The van der Waals surface area contributed by atoms with Crippen molar-refractivity contribution < 1.29 is 14.0 Å². The zero-order valence-electron chi connectivity index (χ0n) is 17.1. The summed E-state index contributed by atoms with van der Waals surface area (Å²) < 4.78 is 15.3. The van der Waals surface area contributed by atoms with Crippen molar-refractivity contribution in [2.45, 2.75) is 32.7 Å². The van der Waals surface area contributed by atoms with Crippen LogP contribution in [0.3, 0.4) is 0 Å². The van der Waals surface area contributed by atoms with Crippen molar-refractivity contribution in [2.75, 3.05) is 5.32 Å². The molecule has 1 unspecified atom stereocenters. The molecule has 7 nitrogen and oxygen atoms in total. The number of nitrogens with zero attached hydrogens (tertiary/aromatic N) is 2. The van der Waals surface area contributed by atoms with Crippen molar-refractivity contribution in [2.24, 2.45) is 0 Å². The molecule has 31 heavy (non-hydrogen) atoms. The van der Waals surface area contributed by atoms with Gasteiger partial charge in [0.05, 0.1) is 5.69 Å². The summed E-state index contributed by atoms with van der Waals surface area (Å²) in [7, 11) is 0. The van der Waals surface area contributed by atoms with Crippen molar-refractivity contribution in [3.05, 3.63) is 87.1 Å². The van der Waals surface area contributed by atoms with E-state index >= 15 is 0 Å². The molecule has 1 aliphatic rings. The number of fused-ring (bicyclic) bond motifs is 1. The summed E-state index contributed by atoms with van der Waals surface area (Å²) in [5, 5.41) is 9.58. The summed E-state index contributed by atoms with van der Waals surface area (Å²) in [6.07, 6.45) is 0.978. The van der Waals surface area contributed by atoms with Crippen LogP contribution in [0, 0.1) is 19.7 Å². The predicted octanol–water partition coefficient (Wildman–Crippen LogP) is 2.67. The monoisotopic (exact) mass is 420 g/mol. The minimum atomic E-state index is -0.812. The lowest BCUT2D eigenvalue weighted by molar-refractivity contribution is -0.118. The van der Waals surface area contributed by atoms with Gasteiger partial charge in [-0.2, -0.15) is 5.10 Å². The number of anilines is 1. The van der Waals surface area contributed by atoms with Crippen LogP contribution in [0.5, 0.6) is 0 Å². The number of halogens is 1. The molecule has 8 heteroatoms. The van der Waals surface area contributed by atoms with Gasteiger partial charge >= 0.3 is 0 Å². The van der Waals surface area contributed by atoms with Crippen molar-refractivity contribution in [3.63, 3.8) is 0 Å². The number of aromatic nitrogens is 2. The van der Waals surface area contributed by atoms with Gasteiger partial charge in [0.25, 0.3) is 5.91 Å². The standard InChI is InChI=1S/C23H21FN4O3/c1-13-7-9-16(12-17(13)24)28-14(2)11-20(29)21(27-28)23(31)26-19-10-8-15-5-3-4-6-18(15)25-22(19)30/h3-7,9,11-12,19H,8,10H2,1-2H3,(H,25,30)(H,26,31). The molecule has 1 atom stereocenters. The van der Waals surface area contributed by atoms with Gasteiger partial charge in [-0.05, 0) is 56.0 Å². The van der Waals surface area contributed by atoms with Gasteiger partial charge < -0.3 is 10.6 Å². The maximum atomic E-state index is 14.0. The van der Waals surface area contributed by atoms with Crippen LogP contribution in [0.2, 0.25) is 0 Å². The molecule has 158 valence electrons. The number of hydrogen-bond donors (Lipinski definition) is 2. The number of rotatable bonds is 3. The summed E-state index contributed by atoms with van der Waals surface area (Å²) in [6.45, 7) is 3.28. The van der Waals surface area contributed by atoms with E-state index in [-0.39, 0.29) is 11.6 Å². The number of hydrogen-bond acceptors (Lipinski definition) is 4. The quantitative estimate of drug-likeness (QED) is 0.681. The molecule has 1 aromatic heterocycles. The summed E-state index contributed by atoms with van der Waals surface area (Å²) in [4.78, 5) is 37.9. The summed E-state index contributed by atoms with van der Waals surface area (Å²) in [5.74, 6) is -1.53. The second-order valence-electron chi connectivity index (χ2n) is 7.55. The third kappa shape index (κ3) is 4.09. The van der Waals surface area contributed by atoms with E-state index in [4.69, 9.17) is 0 Å². The Morgan fingerprint density at radius 1 is 1.16 bits per heavy atom. The van der Waals surface area contributed by atoms with Crippen molar-refractivity contribution in [1.82, 2.24) is 15.1 Å². The first-order chi connectivity index (χ1) is 14.8. The maximum Gasteiger partial charge on any atom is 0.276 e. The lowest BCUT2D eigenvalue weighted by atomic mass is 10.1. The van der Waals surface area contributed by atoms with Crippen LogP contribution in [0.1, 0.15) is 33.7 Å². The van der Waals surface area contributed by atoms with E-state index in [1.54, 1.807) is 32.0 Å². The van der Waals surface area contributed by atoms with Gasteiger partial charge in [-0.3, -0.25) is 14.4 Å². The van der Waals surface area contributed by atoms with Crippen molar-refractivity contribution >= 4 is 17.5 Å². The Bertz CT molecular complexity index is 1250. The van der Waals surface area contributed by atoms with E-state index in [2.05, 4.69) is 15.7 Å². The van der Waals surface area contributed by atoms with E-state index in [1.807, 2.05) is 18.2 Å². The molecule has 0 radical (unpaired) electrons. The Hall–Kier alpha value is -3.81. The SMILES string of the molecule is Cc1ccc(-n2nc(C(=O)NC3CCc4ccccc4NC3=O)c(=O)cc2C)cc1F. The molecule has 0 saturated heterocycles. The first kappa shape index (κ1) is 20.5. The molecule has 2 aromatic carbocycles. The molecule has 0 bridgehead atoms. The molecule has 3 aromatic rings. The number of carbonyl (C=O) groups is 2. The Morgan fingerprint density at radius 3 is 2.71 bits per heavy atom. The van der Waals surface area contributed by atoms with Crippen molar-refractivity contribution in [1.29, 1.82) is 0 Å². The Balaban J connectivity index is 1.61. The number of aryl methyl sites for hydroxylation is 3. The van der Waals surface area contributed by atoms with Gasteiger partial charge in [-0.1, -0.05) is 24.3 Å². The predicted molar refractivity (Wildman–Crippen MR) is 114 cm³/mol. The molecule has 2 amide bonds. The summed E-state index contributed by atoms with van der Waals surface area (Å²) >= 11 is 0. The van der Waals surface area contributed by atoms with Gasteiger partial charge in [0.1, 0.15) is 11.9 Å². The van der Waals surface area contributed by atoms with E-state index in [1.165, 1.54) is 16.8 Å². The topological polar surface area (TPSA) is 93.1 Å². The number of amides is 2. The van der Waals surface area contributed by atoms with E-state index in [0.717, 1.165) is 5.56 Å². The van der Waals surface area contributed by atoms with Gasteiger partial charge in [0, 0.05) is 17.4 Å². The molecule has 0 fully saturated rings. The van der Waals surface area contributed by atoms with E-state index in [9.17, 15) is 18.8 Å². The molecular weight excluding hydrogens is 399 g/mol. The minimum Gasteiger partial charge on any atom is -0.339 e. The first-order valence-corrected chi connectivity index (χ1v) is 9.90. The lowest BCUT2D eigenvalue weighted by Gasteiger charge is -2.16. The highest BCUT2D eigenvalue weighted by Crippen LogP contribution is 2.21. The minimum absolute atomic E-state index is 0.355. The normalized spacial score (nSPS) is 15.6. The van der Waals surface area contributed by atoms with Crippen LogP contribution in [-0.2, 0) is 11.2 Å². The summed E-state index contributed by atoms with van der Waals surface area (Å²) in [6, 6.07) is 12.4. The fourth-order valence-corrected chi connectivity index (χ4v) is 3.55. The Labute approximate surface area is 177 Å². The molecule has 4 rings (SSSR count). The Kier molecular flexibility index (Phi) is 5.37. The molecule has 0 aliphatic carbocycles. The van der Waals surface area contributed by atoms with E-state index in [0.29, 0.717) is 35.5 Å². The zero-order chi connectivity index (χ0) is 22.1. The average Bonchev–Trinajstić information content (AvgIpc) is 2.89. The van der Waals surface area contributed by atoms with E-state index < -0.39 is 23.2 Å². The number of benzene rings is 2. The van der Waals surface area contributed by atoms with Gasteiger partial charge in [0.2, 0.25) is 11.3 Å². The third-order valence-electron chi connectivity index (χ3n) is 5.32. The van der Waals surface area contributed by atoms with Crippen molar-refractivity contribution in [3.8, 4) is 5.69 Å². The van der Waals surface area contributed by atoms with Crippen LogP contribution in [0.4, 0.5) is 10.1 Å².